The normalized spacial score (nSPS) is 19.1. The number of carbonyl (C=O) groups excluding carboxylic acids is 2. The van der Waals surface area contributed by atoms with E-state index in [0.29, 0.717) is 18.7 Å². The van der Waals surface area contributed by atoms with E-state index in [2.05, 4.69) is 15.6 Å². The van der Waals surface area contributed by atoms with E-state index in [1.807, 2.05) is 23.2 Å². The molecule has 1 atom stereocenters. The number of halogens is 1. The number of anilines is 1. The number of nitrogens with one attached hydrogen (secondary N) is 2. The summed E-state index contributed by atoms with van der Waals surface area (Å²) in [5.74, 6) is 0.237. The molecule has 4 rings (SSSR count). The highest BCUT2D eigenvalue weighted by Gasteiger charge is 2.30. The highest BCUT2D eigenvalue weighted by Crippen LogP contribution is 2.30. The maximum absolute atomic E-state index is 13.0. The second-order valence-corrected chi connectivity index (χ2v) is 6.85. The van der Waals surface area contributed by atoms with Gasteiger partial charge < -0.3 is 15.5 Å². The first kappa shape index (κ1) is 19.3. The number of aromatic nitrogens is 1. The molecule has 1 aromatic carbocycles. The first-order chi connectivity index (χ1) is 12.7. The molecule has 2 aromatic rings. The van der Waals surface area contributed by atoms with Crippen LogP contribution in [0.25, 0.3) is 0 Å². The van der Waals surface area contributed by atoms with E-state index in [4.69, 9.17) is 0 Å². The van der Waals surface area contributed by atoms with Crippen LogP contribution in [0.15, 0.2) is 48.8 Å². The Labute approximate surface area is 164 Å². The maximum atomic E-state index is 13.0. The molecule has 1 saturated carbocycles. The van der Waals surface area contributed by atoms with Crippen LogP contribution in [0.5, 0.6) is 0 Å². The molecule has 0 spiro atoms. The molecule has 2 fully saturated rings. The van der Waals surface area contributed by atoms with E-state index in [0.717, 1.165) is 30.6 Å². The molecule has 7 heteroatoms. The van der Waals surface area contributed by atoms with Crippen LogP contribution in [0, 0.1) is 5.92 Å². The second kappa shape index (κ2) is 8.50. The summed E-state index contributed by atoms with van der Waals surface area (Å²) in [6, 6.07) is 11.0. The van der Waals surface area contributed by atoms with Gasteiger partial charge in [0.2, 0.25) is 5.91 Å². The minimum atomic E-state index is -0.0285. The quantitative estimate of drug-likeness (QED) is 0.847. The molecular weight excluding hydrogens is 364 g/mol. The Kier molecular flexibility index (Phi) is 6.08. The molecule has 2 N–H and O–H groups in total. The van der Waals surface area contributed by atoms with Gasteiger partial charge in [0.05, 0.1) is 6.04 Å². The Morgan fingerprint density at radius 1 is 1.15 bits per heavy atom. The van der Waals surface area contributed by atoms with Crippen LogP contribution < -0.4 is 10.6 Å². The van der Waals surface area contributed by atoms with Crippen molar-refractivity contribution in [3.63, 3.8) is 0 Å². The van der Waals surface area contributed by atoms with Gasteiger partial charge >= 0.3 is 0 Å². The van der Waals surface area contributed by atoms with Crippen molar-refractivity contribution < 1.29 is 9.59 Å². The SMILES string of the molecule is Cl.O=C(Nc1ccc(C(=O)N2CCNCC2c2cccnc2)cc1)C1CC1. The van der Waals surface area contributed by atoms with Gasteiger partial charge in [0.1, 0.15) is 0 Å². The van der Waals surface area contributed by atoms with Gasteiger partial charge in [-0.05, 0) is 48.7 Å². The molecule has 2 aliphatic rings. The summed E-state index contributed by atoms with van der Waals surface area (Å²) < 4.78 is 0. The fourth-order valence-corrected chi connectivity index (χ4v) is 3.27. The van der Waals surface area contributed by atoms with Crippen molar-refractivity contribution in [3.8, 4) is 0 Å². The van der Waals surface area contributed by atoms with Crippen molar-refractivity contribution in [2.45, 2.75) is 18.9 Å². The summed E-state index contributed by atoms with van der Waals surface area (Å²) in [4.78, 5) is 30.9. The number of hydrogen-bond donors (Lipinski definition) is 2. The summed E-state index contributed by atoms with van der Waals surface area (Å²) in [5, 5.41) is 6.25. The molecule has 1 saturated heterocycles. The van der Waals surface area contributed by atoms with Crippen LogP contribution in [0.1, 0.15) is 34.8 Å². The predicted octanol–water partition coefficient (Wildman–Crippen LogP) is 2.64. The van der Waals surface area contributed by atoms with Crippen LogP contribution in [0.2, 0.25) is 0 Å². The Bertz CT molecular complexity index is 793. The lowest BCUT2D eigenvalue weighted by Gasteiger charge is -2.36. The Hall–Kier alpha value is -2.44. The minimum Gasteiger partial charge on any atom is -0.329 e. The fraction of sp³-hybridized carbons (Fsp3) is 0.350. The summed E-state index contributed by atoms with van der Waals surface area (Å²) in [6.07, 6.45) is 5.50. The highest BCUT2D eigenvalue weighted by atomic mass is 35.5. The maximum Gasteiger partial charge on any atom is 0.254 e. The number of pyridine rings is 1. The largest absolute Gasteiger partial charge is 0.329 e. The zero-order valence-electron chi connectivity index (χ0n) is 14.9. The molecule has 2 amide bonds. The molecule has 1 aliphatic heterocycles. The first-order valence-electron chi connectivity index (χ1n) is 9.05. The van der Waals surface area contributed by atoms with Crippen LogP contribution in [-0.4, -0.2) is 41.3 Å². The summed E-state index contributed by atoms with van der Waals surface area (Å²) in [6.45, 7) is 2.14. The molecule has 0 bridgehead atoms. The van der Waals surface area contributed by atoms with Crippen LogP contribution in [0.4, 0.5) is 5.69 Å². The molecule has 6 nitrogen and oxygen atoms in total. The topological polar surface area (TPSA) is 74.3 Å². The van der Waals surface area contributed by atoms with E-state index in [9.17, 15) is 9.59 Å². The smallest absolute Gasteiger partial charge is 0.254 e. The molecule has 1 unspecified atom stereocenters. The van der Waals surface area contributed by atoms with E-state index >= 15 is 0 Å². The number of amides is 2. The van der Waals surface area contributed by atoms with Gasteiger partial charge in [0, 0.05) is 49.2 Å². The van der Waals surface area contributed by atoms with Crippen LogP contribution in [0.3, 0.4) is 0 Å². The third kappa shape index (κ3) is 4.46. The van der Waals surface area contributed by atoms with Gasteiger partial charge in [-0.15, -0.1) is 12.4 Å². The summed E-state index contributed by atoms with van der Waals surface area (Å²) >= 11 is 0. The number of hydrogen-bond acceptors (Lipinski definition) is 4. The van der Waals surface area contributed by atoms with Crippen molar-refractivity contribution in [1.82, 2.24) is 15.2 Å². The Morgan fingerprint density at radius 3 is 2.59 bits per heavy atom. The van der Waals surface area contributed by atoms with Crippen molar-refractivity contribution in [2.75, 3.05) is 25.0 Å². The monoisotopic (exact) mass is 386 g/mol. The summed E-state index contributed by atoms with van der Waals surface area (Å²) in [5.41, 5.74) is 2.40. The fourth-order valence-electron chi connectivity index (χ4n) is 3.27. The molecule has 1 aliphatic carbocycles. The van der Waals surface area contributed by atoms with E-state index in [-0.39, 0.29) is 36.2 Å². The van der Waals surface area contributed by atoms with Gasteiger partial charge in [-0.3, -0.25) is 14.6 Å². The van der Waals surface area contributed by atoms with E-state index in [1.165, 1.54) is 0 Å². The number of benzene rings is 1. The van der Waals surface area contributed by atoms with Gasteiger partial charge in [-0.2, -0.15) is 0 Å². The van der Waals surface area contributed by atoms with Crippen molar-refractivity contribution >= 4 is 29.9 Å². The van der Waals surface area contributed by atoms with Crippen molar-refractivity contribution in [3.05, 3.63) is 59.9 Å². The second-order valence-electron chi connectivity index (χ2n) is 6.85. The van der Waals surface area contributed by atoms with Crippen LogP contribution in [-0.2, 0) is 4.79 Å². The average Bonchev–Trinajstić information content (AvgIpc) is 3.54. The van der Waals surface area contributed by atoms with E-state index in [1.54, 1.807) is 30.5 Å². The number of nitrogens with zero attached hydrogens (tertiary/aromatic N) is 2. The molecule has 1 aromatic heterocycles. The van der Waals surface area contributed by atoms with Gasteiger partial charge in [-0.1, -0.05) is 6.07 Å². The Morgan fingerprint density at radius 2 is 1.93 bits per heavy atom. The lowest BCUT2D eigenvalue weighted by molar-refractivity contribution is -0.117. The summed E-state index contributed by atoms with van der Waals surface area (Å²) in [7, 11) is 0. The average molecular weight is 387 g/mol. The predicted molar refractivity (Wildman–Crippen MR) is 106 cm³/mol. The van der Waals surface area contributed by atoms with Crippen molar-refractivity contribution in [2.24, 2.45) is 5.92 Å². The van der Waals surface area contributed by atoms with Crippen molar-refractivity contribution in [1.29, 1.82) is 0 Å². The number of piperazine rings is 1. The van der Waals surface area contributed by atoms with E-state index < -0.39 is 0 Å². The minimum absolute atomic E-state index is 0. The Balaban J connectivity index is 0.00000210. The lowest BCUT2D eigenvalue weighted by Crippen LogP contribution is -2.48. The third-order valence-corrected chi connectivity index (χ3v) is 4.92. The third-order valence-electron chi connectivity index (χ3n) is 4.92. The molecule has 0 radical (unpaired) electrons. The molecule has 27 heavy (non-hydrogen) atoms. The van der Waals surface area contributed by atoms with Gasteiger partial charge in [-0.25, -0.2) is 0 Å². The van der Waals surface area contributed by atoms with Gasteiger partial charge in [0.25, 0.3) is 5.91 Å². The zero-order valence-corrected chi connectivity index (χ0v) is 15.7. The zero-order chi connectivity index (χ0) is 17.9. The number of carbonyl (C=O) groups is 2. The first-order valence-corrected chi connectivity index (χ1v) is 9.05. The standard InChI is InChI=1S/C20H22N4O2.ClH/c25-19(14-3-4-14)23-17-7-5-15(6-8-17)20(26)24-11-10-22-13-18(24)16-2-1-9-21-12-16;/h1-2,5-9,12,14,18,22H,3-4,10-11,13H2,(H,23,25);1H. The number of rotatable bonds is 4. The lowest BCUT2D eigenvalue weighted by atomic mass is 10.0. The highest BCUT2D eigenvalue weighted by molar-refractivity contribution is 5.97. The molecular formula is C20H23ClN4O2. The van der Waals surface area contributed by atoms with Crippen LogP contribution >= 0.6 is 12.4 Å². The van der Waals surface area contributed by atoms with Gasteiger partial charge in [0.15, 0.2) is 0 Å². The molecule has 2 heterocycles. The molecule has 142 valence electrons.